The fourth-order valence-electron chi connectivity index (χ4n) is 0. The summed E-state index contributed by atoms with van der Waals surface area (Å²) in [7, 11) is 0. The fourth-order valence-corrected chi connectivity index (χ4v) is 0. The minimum Gasteiger partial charge on any atom is -0.333 e. The number of rotatable bonds is 0. The topological polar surface area (TPSA) is 0 Å². The maximum atomic E-state index is 4.64. The molecular weight excluding hydrogens is 172 g/mol. The van der Waals surface area contributed by atoms with Gasteiger partial charge in [-0.2, -0.15) is 5.34 Å². The Morgan fingerprint density at radius 1 is 1.25 bits per heavy atom. The molecule has 23 valence electrons. The molecule has 0 N–H and O–H groups in total. The molecule has 0 nitrogen and oxygen atoms in total. The molecule has 0 aliphatic rings. The van der Waals surface area contributed by atoms with Crippen molar-refractivity contribution in [1.82, 2.24) is 0 Å². The molecule has 0 unspecified atom stereocenters. The van der Waals surface area contributed by atoms with E-state index >= 15 is 0 Å². The van der Waals surface area contributed by atoms with E-state index in [9.17, 15) is 0 Å². The molecule has 0 rings (SSSR count). The van der Waals surface area contributed by atoms with Gasteiger partial charge in [0, 0.05) is 32.7 Å². The van der Waals surface area contributed by atoms with Gasteiger partial charge in [0.2, 0.25) is 0 Å². The molecule has 0 aliphatic heterocycles. The standard InChI is InChI=1S/CHCl2.Y/c2-1-3;/h1H;/q-1;. The zero-order chi connectivity index (χ0) is 2.71. The van der Waals surface area contributed by atoms with E-state index in [0.717, 1.165) is 5.34 Å². The fraction of sp³-hybridized carbons (Fsp3) is 0. The Labute approximate surface area is 60.7 Å². The zero-order valence-corrected chi connectivity index (χ0v) is 6.26. The van der Waals surface area contributed by atoms with Gasteiger partial charge in [0.1, 0.15) is 0 Å². The SMILES string of the molecule is Cl[CH-]Cl.[Y]. The third kappa shape index (κ3) is 9.36. The van der Waals surface area contributed by atoms with Gasteiger partial charge in [-0.05, 0) is 0 Å². The quantitative estimate of drug-likeness (QED) is 0.487. The molecule has 0 heterocycles. The van der Waals surface area contributed by atoms with Crippen LogP contribution in [0.15, 0.2) is 0 Å². The van der Waals surface area contributed by atoms with Crippen molar-refractivity contribution in [2.45, 2.75) is 0 Å². The summed E-state index contributed by atoms with van der Waals surface area (Å²) in [6.07, 6.45) is 0. The first kappa shape index (κ1) is 9.19. The Hall–Kier alpha value is 1.68. The van der Waals surface area contributed by atoms with Crippen LogP contribution in [-0.4, -0.2) is 0 Å². The van der Waals surface area contributed by atoms with Gasteiger partial charge < -0.3 is 23.2 Å². The second-order valence-electron chi connectivity index (χ2n) is 0.0825. The van der Waals surface area contributed by atoms with Gasteiger partial charge in [-0.3, -0.25) is 0 Å². The van der Waals surface area contributed by atoms with E-state index < -0.39 is 0 Å². The van der Waals surface area contributed by atoms with Crippen LogP contribution in [-0.2, 0) is 32.7 Å². The largest absolute Gasteiger partial charge is 0.333 e. The van der Waals surface area contributed by atoms with Crippen LogP contribution in [0.4, 0.5) is 0 Å². The van der Waals surface area contributed by atoms with E-state index in [0.29, 0.717) is 0 Å². The monoisotopic (exact) mass is 172 g/mol. The van der Waals surface area contributed by atoms with Crippen molar-refractivity contribution < 1.29 is 32.7 Å². The van der Waals surface area contributed by atoms with Crippen molar-refractivity contribution in [2.75, 3.05) is 0 Å². The summed E-state index contributed by atoms with van der Waals surface area (Å²) in [6, 6.07) is 0. The third-order valence-electron chi connectivity index (χ3n) is 0. The van der Waals surface area contributed by atoms with Crippen molar-refractivity contribution in [3.63, 3.8) is 0 Å². The first-order valence-electron chi connectivity index (χ1n) is 0.436. The van der Waals surface area contributed by atoms with Crippen LogP contribution in [0.3, 0.4) is 0 Å². The second kappa shape index (κ2) is 8.82. The van der Waals surface area contributed by atoms with Crippen LogP contribution in [0.1, 0.15) is 0 Å². The molecule has 0 saturated heterocycles. The summed E-state index contributed by atoms with van der Waals surface area (Å²) in [6.45, 7) is 0. The minimum atomic E-state index is 0. The van der Waals surface area contributed by atoms with Crippen LogP contribution < -0.4 is 0 Å². The molecule has 0 aliphatic carbocycles. The van der Waals surface area contributed by atoms with Gasteiger partial charge in [-0.25, -0.2) is 0 Å². The molecular formula is CHCl2Y-. The average Bonchev–Trinajstić information content (AvgIpc) is 0.918. The molecule has 4 heavy (non-hydrogen) atoms. The van der Waals surface area contributed by atoms with E-state index in [-0.39, 0.29) is 32.7 Å². The second-order valence-corrected chi connectivity index (χ2v) is 0.742. The van der Waals surface area contributed by atoms with E-state index in [1.54, 1.807) is 0 Å². The van der Waals surface area contributed by atoms with Gasteiger partial charge in [-0.15, -0.1) is 0 Å². The number of hydrogen-bond acceptors (Lipinski definition) is 0. The van der Waals surface area contributed by atoms with Gasteiger partial charge in [0.15, 0.2) is 0 Å². The Balaban J connectivity index is 0. The predicted molar refractivity (Wildman–Crippen MR) is 16.0 cm³/mol. The van der Waals surface area contributed by atoms with Gasteiger partial charge in [-0.1, -0.05) is 0 Å². The zero-order valence-electron chi connectivity index (χ0n) is 1.91. The van der Waals surface area contributed by atoms with E-state index in [2.05, 4.69) is 23.2 Å². The van der Waals surface area contributed by atoms with Crippen molar-refractivity contribution in [2.24, 2.45) is 0 Å². The first-order valence-corrected chi connectivity index (χ1v) is 1.31. The van der Waals surface area contributed by atoms with Gasteiger partial charge in [0.25, 0.3) is 0 Å². The van der Waals surface area contributed by atoms with Crippen molar-refractivity contribution >= 4 is 23.2 Å². The van der Waals surface area contributed by atoms with Crippen molar-refractivity contribution in [3.05, 3.63) is 5.34 Å². The van der Waals surface area contributed by atoms with Crippen LogP contribution in [0, 0.1) is 5.34 Å². The Morgan fingerprint density at radius 2 is 1.25 bits per heavy atom. The maximum absolute atomic E-state index is 4.64. The van der Waals surface area contributed by atoms with Gasteiger partial charge in [0.05, 0.1) is 0 Å². The van der Waals surface area contributed by atoms with E-state index in [1.165, 1.54) is 0 Å². The van der Waals surface area contributed by atoms with Gasteiger partial charge >= 0.3 is 0 Å². The van der Waals surface area contributed by atoms with Crippen molar-refractivity contribution in [1.29, 1.82) is 0 Å². The van der Waals surface area contributed by atoms with Crippen LogP contribution >= 0.6 is 23.2 Å². The normalized spacial score (nSPS) is 4.50. The Bertz CT molecular complexity index is 6.00. The molecule has 0 amide bonds. The predicted octanol–water partition coefficient (Wildman–Crippen LogP) is 1.58. The molecule has 0 aromatic rings. The molecule has 0 spiro atoms. The summed E-state index contributed by atoms with van der Waals surface area (Å²) in [4.78, 5) is 0. The summed E-state index contributed by atoms with van der Waals surface area (Å²) in [5, 5.41) is 0.944. The Morgan fingerprint density at radius 3 is 1.25 bits per heavy atom. The molecule has 0 aromatic carbocycles. The summed E-state index contributed by atoms with van der Waals surface area (Å²) in [5.74, 6) is 0. The molecule has 0 aromatic heterocycles. The summed E-state index contributed by atoms with van der Waals surface area (Å²) in [5.41, 5.74) is 0. The average molecular weight is 173 g/mol. The third-order valence-corrected chi connectivity index (χ3v) is 0. The number of hydrogen-bond donors (Lipinski definition) is 0. The van der Waals surface area contributed by atoms with E-state index in [4.69, 9.17) is 0 Å². The molecule has 0 atom stereocenters. The Kier molecular flexibility index (Phi) is 20.3. The van der Waals surface area contributed by atoms with Crippen LogP contribution in [0.25, 0.3) is 0 Å². The van der Waals surface area contributed by atoms with Crippen LogP contribution in [0.5, 0.6) is 0 Å². The number of halogens is 2. The molecule has 0 saturated carbocycles. The first-order chi connectivity index (χ1) is 1.41. The molecule has 1 radical (unpaired) electrons. The van der Waals surface area contributed by atoms with E-state index in [1.807, 2.05) is 0 Å². The molecule has 0 bridgehead atoms. The smallest absolute Gasteiger partial charge is 0 e. The molecule has 3 heteroatoms. The maximum Gasteiger partial charge on any atom is 0 e. The molecule has 0 fully saturated rings. The van der Waals surface area contributed by atoms with Crippen LogP contribution in [0.2, 0.25) is 0 Å². The minimum absolute atomic E-state index is 0. The summed E-state index contributed by atoms with van der Waals surface area (Å²) >= 11 is 9.28. The van der Waals surface area contributed by atoms with Crippen molar-refractivity contribution in [3.8, 4) is 0 Å². The summed E-state index contributed by atoms with van der Waals surface area (Å²) < 4.78 is 0.